The molecule has 1 unspecified atom stereocenters. The molecule has 0 bridgehead atoms. The van der Waals surface area contributed by atoms with E-state index in [1.165, 1.54) is 29.2 Å². The average molecular weight is 421 g/mol. The topological polar surface area (TPSA) is 80.8 Å². The van der Waals surface area contributed by atoms with E-state index in [9.17, 15) is 19.2 Å². The Kier molecular flexibility index (Phi) is 3.66. The van der Waals surface area contributed by atoms with Crippen molar-refractivity contribution in [2.24, 2.45) is 0 Å². The SMILES string of the molecule is CC(c1ccc2ccccc2c1)N1C(=O)c2ccc3c4c(ccc(c24)C1=O)C(=O)OC3=O. The second-order valence-corrected chi connectivity index (χ2v) is 8.01. The lowest BCUT2D eigenvalue weighted by molar-refractivity contribution is 0.0387. The van der Waals surface area contributed by atoms with Crippen LogP contribution in [-0.4, -0.2) is 28.7 Å². The van der Waals surface area contributed by atoms with Gasteiger partial charge in [-0.25, -0.2) is 9.59 Å². The third-order valence-electron chi connectivity index (χ3n) is 6.33. The molecule has 0 radical (unpaired) electrons. The molecule has 0 fully saturated rings. The summed E-state index contributed by atoms with van der Waals surface area (Å²) >= 11 is 0. The lowest BCUT2D eigenvalue weighted by atomic mass is 9.86. The summed E-state index contributed by atoms with van der Waals surface area (Å²) in [6, 6.07) is 19.2. The normalized spacial score (nSPS) is 16.0. The van der Waals surface area contributed by atoms with E-state index in [1.54, 1.807) is 0 Å². The number of nitrogens with zero attached hydrogens (tertiary/aromatic N) is 1. The minimum absolute atomic E-state index is 0.178. The second-order valence-electron chi connectivity index (χ2n) is 8.01. The zero-order valence-corrected chi connectivity index (χ0v) is 16.9. The fourth-order valence-electron chi connectivity index (χ4n) is 4.71. The number of rotatable bonds is 2. The smallest absolute Gasteiger partial charge is 0.346 e. The predicted molar refractivity (Wildman–Crippen MR) is 117 cm³/mol. The van der Waals surface area contributed by atoms with E-state index in [0.717, 1.165) is 16.3 Å². The number of carbonyl (C=O) groups excluding carboxylic acids is 4. The summed E-state index contributed by atoms with van der Waals surface area (Å²) in [7, 11) is 0. The highest BCUT2D eigenvalue weighted by Gasteiger charge is 2.39. The van der Waals surface area contributed by atoms with E-state index >= 15 is 0 Å². The molecule has 6 nitrogen and oxygen atoms in total. The first-order chi connectivity index (χ1) is 15.5. The van der Waals surface area contributed by atoms with Gasteiger partial charge in [-0.05, 0) is 53.6 Å². The Labute approximate surface area is 182 Å². The minimum atomic E-state index is -0.780. The summed E-state index contributed by atoms with van der Waals surface area (Å²) in [6.45, 7) is 1.81. The maximum atomic E-state index is 13.5. The molecular formula is C26H15NO5. The Hall–Kier alpha value is -4.32. The molecule has 0 saturated carbocycles. The number of ether oxygens (including phenoxy) is 1. The van der Waals surface area contributed by atoms with Crippen molar-refractivity contribution in [2.75, 3.05) is 0 Å². The molecule has 4 aromatic rings. The summed E-state index contributed by atoms with van der Waals surface area (Å²) in [4.78, 5) is 52.7. The number of fused-ring (bicyclic) bond motifs is 1. The van der Waals surface area contributed by atoms with Crippen LogP contribution in [-0.2, 0) is 4.74 Å². The number of hydrogen-bond acceptors (Lipinski definition) is 5. The van der Waals surface area contributed by atoms with E-state index in [2.05, 4.69) is 0 Å². The molecule has 0 N–H and O–H groups in total. The first-order valence-corrected chi connectivity index (χ1v) is 10.2. The molecule has 2 amide bonds. The van der Waals surface area contributed by atoms with Crippen LogP contribution in [0.5, 0.6) is 0 Å². The van der Waals surface area contributed by atoms with Crippen molar-refractivity contribution < 1.29 is 23.9 Å². The maximum absolute atomic E-state index is 13.5. The van der Waals surface area contributed by atoms with Gasteiger partial charge in [-0.1, -0.05) is 36.4 Å². The maximum Gasteiger partial charge on any atom is 0.346 e. The Bertz CT molecular complexity index is 1480. The van der Waals surface area contributed by atoms with Crippen LogP contribution < -0.4 is 0 Å². The molecule has 0 spiro atoms. The second kappa shape index (κ2) is 6.34. The van der Waals surface area contributed by atoms with Crippen LogP contribution in [0.25, 0.3) is 21.5 Å². The van der Waals surface area contributed by atoms with Gasteiger partial charge in [0, 0.05) is 21.9 Å². The quantitative estimate of drug-likeness (QED) is 0.267. The number of esters is 2. The molecule has 6 heteroatoms. The standard InChI is InChI=1S/C26H15NO5/c1-13(15-7-6-14-4-2-3-5-16(14)12-15)27-23(28)17-8-10-19-22-20(26(31)32-25(19)30)11-9-18(21(17)22)24(27)29/h2-13H,1H3. The van der Waals surface area contributed by atoms with Gasteiger partial charge < -0.3 is 4.74 Å². The fourth-order valence-corrected chi connectivity index (χ4v) is 4.71. The molecule has 154 valence electrons. The Morgan fingerprint density at radius 3 is 1.81 bits per heavy atom. The van der Waals surface area contributed by atoms with Crippen molar-refractivity contribution in [2.45, 2.75) is 13.0 Å². The summed E-state index contributed by atoms with van der Waals surface area (Å²) in [5.74, 6) is -2.48. The first kappa shape index (κ1) is 18.4. The van der Waals surface area contributed by atoms with Crippen molar-refractivity contribution in [1.29, 1.82) is 0 Å². The lowest BCUT2D eigenvalue weighted by Crippen LogP contribution is -2.42. The predicted octanol–water partition coefficient (Wildman–Crippen LogP) is 4.66. The van der Waals surface area contributed by atoms with Gasteiger partial charge in [-0.3, -0.25) is 14.5 Å². The summed E-state index contributed by atoms with van der Waals surface area (Å²) in [5.41, 5.74) is 1.76. The Morgan fingerprint density at radius 1 is 0.656 bits per heavy atom. The third kappa shape index (κ3) is 2.34. The fraction of sp³-hybridized carbons (Fsp3) is 0.0769. The monoisotopic (exact) mass is 421 g/mol. The first-order valence-electron chi connectivity index (χ1n) is 10.2. The zero-order valence-electron chi connectivity index (χ0n) is 16.9. The molecule has 2 aliphatic rings. The summed E-state index contributed by atoms with van der Waals surface area (Å²) < 4.78 is 4.78. The summed E-state index contributed by atoms with van der Waals surface area (Å²) in [5, 5.41) is 2.73. The zero-order chi connectivity index (χ0) is 22.1. The lowest BCUT2D eigenvalue weighted by Gasteiger charge is -2.33. The van der Waals surface area contributed by atoms with Gasteiger partial charge in [0.1, 0.15) is 0 Å². The molecule has 6 rings (SSSR count). The largest absolute Gasteiger partial charge is 0.386 e. The molecule has 32 heavy (non-hydrogen) atoms. The van der Waals surface area contributed by atoms with Gasteiger partial charge in [0.05, 0.1) is 17.2 Å². The van der Waals surface area contributed by atoms with Crippen LogP contribution in [0.4, 0.5) is 0 Å². The van der Waals surface area contributed by atoms with Crippen LogP contribution >= 0.6 is 0 Å². The molecule has 4 aromatic carbocycles. The highest BCUT2D eigenvalue weighted by molar-refractivity contribution is 6.31. The van der Waals surface area contributed by atoms with Gasteiger partial charge in [0.2, 0.25) is 0 Å². The van der Waals surface area contributed by atoms with Crippen molar-refractivity contribution in [1.82, 2.24) is 4.90 Å². The molecule has 2 heterocycles. The number of cyclic esters (lactones) is 2. The number of amides is 2. The van der Waals surface area contributed by atoms with Crippen molar-refractivity contribution in [3.63, 3.8) is 0 Å². The van der Waals surface area contributed by atoms with Gasteiger partial charge >= 0.3 is 11.9 Å². The minimum Gasteiger partial charge on any atom is -0.386 e. The molecule has 0 aliphatic carbocycles. The summed E-state index contributed by atoms with van der Waals surface area (Å²) in [6.07, 6.45) is 0. The number of imide groups is 1. The van der Waals surface area contributed by atoms with E-state index < -0.39 is 29.8 Å². The number of benzene rings is 4. The van der Waals surface area contributed by atoms with Crippen molar-refractivity contribution >= 4 is 45.3 Å². The molecule has 2 aliphatic heterocycles. The van der Waals surface area contributed by atoms with Gasteiger partial charge in [0.15, 0.2) is 0 Å². The van der Waals surface area contributed by atoms with Crippen molar-refractivity contribution in [3.8, 4) is 0 Å². The highest BCUT2D eigenvalue weighted by atomic mass is 16.6. The van der Waals surface area contributed by atoms with Crippen LogP contribution in [0, 0.1) is 0 Å². The van der Waals surface area contributed by atoms with Crippen molar-refractivity contribution in [3.05, 3.63) is 94.5 Å². The Morgan fingerprint density at radius 2 is 1.19 bits per heavy atom. The molecule has 0 aromatic heterocycles. The molecule has 0 saturated heterocycles. The molecule has 1 atom stereocenters. The third-order valence-corrected chi connectivity index (χ3v) is 6.33. The average Bonchev–Trinajstić information content (AvgIpc) is 2.80. The van der Waals surface area contributed by atoms with Gasteiger partial charge in [-0.2, -0.15) is 0 Å². The van der Waals surface area contributed by atoms with E-state index in [1.807, 2.05) is 49.4 Å². The van der Waals surface area contributed by atoms with E-state index in [-0.39, 0.29) is 22.3 Å². The number of carbonyl (C=O) groups is 4. The van der Waals surface area contributed by atoms with Gasteiger partial charge in [0.25, 0.3) is 11.8 Å². The van der Waals surface area contributed by atoms with Crippen LogP contribution in [0.1, 0.15) is 60.0 Å². The highest BCUT2D eigenvalue weighted by Crippen LogP contribution is 2.39. The Balaban J connectivity index is 1.53. The van der Waals surface area contributed by atoms with Crippen LogP contribution in [0.2, 0.25) is 0 Å². The molecular weight excluding hydrogens is 406 g/mol. The van der Waals surface area contributed by atoms with Crippen LogP contribution in [0.15, 0.2) is 66.7 Å². The van der Waals surface area contributed by atoms with E-state index in [0.29, 0.717) is 10.8 Å². The van der Waals surface area contributed by atoms with Gasteiger partial charge in [-0.15, -0.1) is 0 Å². The number of hydrogen-bond donors (Lipinski definition) is 0. The van der Waals surface area contributed by atoms with Crippen LogP contribution in [0.3, 0.4) is 0 Å². The van der Waals surface area contributed by atoms with E-state index in [4.69, 9.17) is 4.74 Å².